The molecule has 0 fully saturated rings. The molecule has 0 atom stereocenters. The predicted molar refractivity (Wildman–Crippen MR) is 78.9 cm³/mol. The third-order valence-electron chi connectivity index (χ3n) is 3.03. The molecule has 3 aromatic rings. The Morgan fingerprint density at radius 1 is 1.25 bits per heavy atom. The van der Waals surface area contributed by atoms with Crippen LogP contribution in [0.2, 0.25) is 5.02 Å². The van der Waals surface area contributed by atoms with Crippen molar-refractivity contribution >= 4 is 17.2 Å². The van der Waals surface area contributed by atoms with E-state index in [4.69, 9.17) is 22.1 Å². The van der Waals surface area contributed by atoms with Crippen LogP contribution in [0.15, 0.2) is 48.8 Å². The Morgan fingerprint density at radius 2 is 2.15 bits per heavy atom. The lowest BCUT2D eigenvalue weighted by Crippen LogP contribution is -2.02. The molecule has 0 saturated heterocycles. The first-order valence-electron chi connectivity index (χ1n) is 6.30. The maximum atomic E-state index is 5.94. The Labute approximate surface area is 121 Å². The fourth-order valence-corrected chi connectivity index (χ4v) is 2.25. The fraction of sp³-hybridized carbons (Fsp3) is 0.133. The van der Waals surface area contributed by atoms with Gasteiger partial charge in [-0.15, -0.1) is 0 Å². The summed E-state index contributed by atoms with van der Waals surface area (Å²) in [7, 11) is 0. The first-order valence-corrected chi connectivity index (χ1v) is 6.68. The van der Waals surface area contributed by atoms with Crippen molar-refractivity contribution in [3.05, 3.63) is 65.1 Å². The molecule has 0 radical (unpaired) electrons. The number of nitrogens with zero attached hydrogens (tertiary/aromatic N) is 2. The lowest BCUT2D eigenvalue weighted by molar-refractivity contribution is 0.299. The molecule has 3 rings (SSSR count). The first kappa shape index (κ1) is 13.0. The van der Waals surface area contributed by atoms with Crippen molar-refractivity contribution in [3.8, 4) is 5.75 Å². The Bertz CT molecular complexity index is 706. The lowest BCUT2D eigenvalue weighted by atomic mass is 10.2. The van der Waals surface area contributed by atoms with Gasteiger partial charge in [-0.25, -0.2) is 4.98 Å². The molecule has 5 heteroatoms. The van der Waals surface area contributed by atoms with Crippen LogP contribution in [0.4, 0.5) is 0 Å². The number of aromatic nitrogens is 2. The number of fused-ring (bicyclic) bond motifs is 1. The predicted octanol–water partition coefficient (Wildman–Crippen LogP) is 3.03. The molecule has 2 N–H and O–H groups in total. The Kier molecular flexibility index (Phi) is 3.58. The van der Waals surface area contributed by atoms with Gasteiger partial charge in [0.25, 0.3) is 0 Å². The Hall–Kier alpha value is -2.04. The van der Waals surface area contributed by atoms with Crippen LogP contribution in [0.5, 0.6) is 5.75 Å². The summed E-state index contributed by atoms with van der Waals surface area (Å²) < 4.78 is 7.75. The van der Waals surface area contributed by atoms with Gasteiger partial charge in [0.15, 0.2) is 0 Å². The molecule has 0 bridgehead atoms. The number of imidazole rings is 1. The number of hydrogen-bond acceptors (Lipinski definition) is 3. The number of rotatable bonds is 4. The van der Waals surface area contributed by atoms with Crippen LogP contribution < -0.4 is 10.5 Å². The van der Waals surface area contributed by atoms with Crippen LogP contribution in [0.25, 0.3) is 5.65 Å². The molecular weight excluding hydrogens is 274 g/mol. The molecule has 2 heterocycles. The topological polar surface area (TPSA) is 52.5 Å². The highest BCUT2D eigenvalue weighted by atomic mass is 35.5. The molecule has 0 aliphatic carbocycles. The summed E-state index contributed by atoms with van der Waals surface area (Å²) in [5.74, 6) is 0.744. The molecule has 0 saturated carbocycles. The van der Waals surface area contributed by atoms with E-state index in [0.717, 1.165) is 22.7 Å². The molecule has 0 unspecified atom stereocenters. The van der Waals surface area contributed by atoms with Crippen LogP contribution in [-0.4, -0.2) is 9.38 Å². The van der Waals surface area contributed by atoms with Gasteiger partial charge in [-0.1, -0.05) is 17.7 Å². The number of pyridine rings is 1. The van der Waals surface area contributed by atoms with Crippen LogP contribution >= 0.6 is 11.6 Å². The number of hydrogen-bond donors (Lipinski definition) is 1. The highest BCUT2D eigenvalue weighted by molar-refractivity contribution is 6.30. The summed E-state index contributed by atoms with van der Waals surface area (Å²) in [6.07, 6.45) is 3.91. The summed E-state index contributed by atoms with van der Waals surface area (Å²) in [6.45, 7) is 0.789. The zero-order valence-electron chi connectivity index (χ0n) is 10.8. The standard InChI is InChI=1S/C15H14ClN3O/c16-12-4-5-14(11(7-12)8-17)20-10-13-9-19-6-2-1-3-15(19)18-13/h1-7,9H,8,10,17H2. The molecule has 1 aromatic carbocycles. The van der Waals surface area contributed by atoms with Gasteiger partial charge in [0, 0.05) is 29.5 Å². The molecular formula is C15H14ClN3O. The maximum absolute atomic E-state index is 5.94. The second-order valence-electron chi connectivity index (χ2n) is 4.44. The van der Waals surface area contributed by atoms with Crippen molar-refractivity contribution in [2.75, 3.05) is 0 Å². The third kappa shape index (κ3) is 2.61. The molecule has 0 aliphatic rings. The quantitative estimate of drug-likeness (QED) is 0.802. The van der Waals surface area contributed by atoms with Gasteiger partial charge in [-0.3, -0.25) is 0 Å². The number of benzene rings is 1. The number of ether oxygens (including phenoxy) is 1. The monoisotopic (exact) mass is 287 g/mol. The SMILES string of the molecule is NCc1cc(Cl)ccc1OCc1cn2ccccc2n1. The minimum atomic E-state index is 0.390. The zero-order chi connectivity index (χ0) is 13.9. The summed E-state index contributed by atoms with van der Waals surface area (Å²) in [4.78, 5) is 4.48. The Morgan fingerprint density at radius 3 is 2.95 bits per heavy atom. The average molecular weight is 288 g/mol. The van der Waals surface area contributed by atoms with Crippen LogP contribution in [0, 0.1) is 0 Å². The Balaban J connectivity index is 1.79. The summed E-state index contributed by atoms with van der Waals surface area (Å²) >= 11 is 5.94. The first-order chi connectivity index (χ1) is 9.76. The van der Waals surface area contributed by atoms with Crippen LogP contribution in [0.1, 0.15) is 11.3 Å². The fourth-order valence-electron chi connectivity index (χ4n) is 2.06. The highest BCUT2D eigenvalue weighted by Crippen LogP contribution is 2.23. The normalized spacial score (nSPS) is 10.9. The average Bonchev–Trinajstić information content (AvgIpc) is 2.88. The van der Waals surface area contributed by atoms with Gasteiger partial charge in [0.1, 0.15) is 18.0 Å². The van der Waals surface area contributed by atoms with Gasteiger partial charge in [-0.2, -0.15) is 0 Å². The number of halogens is 1. The smallest absolute Gasteiger partial charge is 0.137 e. The van der Waals surface area contributed by atoms with E-state index in [9.17, 15) is 0 Å². The van der Waals surface area contributed by atoms with E-state index in [1.54, 1.807) is 6.07 Å². The van der Waals surface area contributed by atoms with E-state index >= 15 is 0 Å². The van der Waals surface area contributed by atoms with Crippen molar-refractivity contribution in [2.45, 2.75) is 13.2 Å². The molecule has 0 aliphatic heterocycles. The van der Waals surface area contributed by atoms with E-state index < -0.39 is 0 Å². The van der Waals surface area contributed by atoms with E-state index in [2.05, 4.69) is 4.98 Å². The van der Waals surface area contributed by atoms with Gasteiger partial charge in [0.05, 0.1) is 5.69 Å². The largest absolute Gasteiger partial charge is 0.487 e. The molecule has 2 aromatic heterocycles. The van der Waals surface area contributed by atoms with Crippen molar-refractivity contribution in [2.24, 2.45) is 5.73 Å². The van der Waals surface area contributed by atoms with Crippen molar-refractivity contribution in [1.82, 2.24) is 9.38 Å². The van der Waals surface area contributed by atoms with Crippen LogP contribution in [0.3, 0.4) is 0 Å². The molecule has 4 nitrogen and oxygen atoms in total. The summed E-state index contributed by atoms with van der Waals surface area (Å²) in [5, 5.41) is 0.658. The van der Waals surface area contributed by atoms with Gasteiger partial charge >= 0.3 is 0 Å². The summed E-state index contributed by atoms with van der Waals surface area (Å²) in [5.41, 5.74) is 8.35. The highest BCUT2D eigenvalue weighted by Gasteiger charge is 2.06. The second kappa shape index (κ2) is 5.53. The molecule has 0 spiro atoms. The third-order valence-corrected chi connectivity index (χ3v) is 3.27. The van der Waals surface area contributed by atoms with E-state index in [1.165, 1.54) is 0 Å². The van der Waals surface area contributed by atoms with Crippen molar-refractivity contribution in [1.29, 1.82) is 0 Å². The molecule has 20 heavy (non-hydrogen) atoms. The van der Waals surface area contributed by atoms with Crippen molar-refractivity contribution < 1.29 is 4.74 Å². The maximum Gasteiger partial charge on any atom is 0.137 e. The van der Waals surface area contributed by atoms with Crippen molar-refractivity contribution in [3.63, 3.8) is 0 Å². The minimum absolute atomic E-state index is 0.390. The van der Waals surface area contributed by atoms with Gasteiger partial charge < -0.3 is 14.9 Å². The lowest BCUT2D eigenvalue weighted by Gasteiger charge is -2.09. The summed E-state index contributed by atoms with van der Waals surface area (Å²) in [6, 6.07) is 11.3. The zero-order valence-corrected chi connectivity index (χ0v) is 11.5. The molecule has 0 amide bonds. The van der Waals surface area contributed by atoms with E-state index in [-0.39, 0.29) is 0 Å². The number of nitrogens with two attached hydrogens (primary N) is 1. The van der Waals surface area contributed by atoms with E-state index in [1.807, 2.05) is 47.1 Å². The van der Waals surface area contributed by atoms with Gasteiger partial charge in [-0.05, 0) is 30.3 Å². The second-order valence-corrected chi connectivity index (χ2v) is 4.88. The van der Waals surface area contributed by atoms with Gasteiger partial charge in [0.2, 0.25) is 0 Å². The van der Waals surface area contributed by atoms with E-state index in [0.29, 0.717) is 18.2 Å². The molecule has 102 valence electrons. The minimum Gasteiger partial charge on any atom is -0.487 e. The van der Waals surface area contributed by atoms with Crippen LogP contribution in [-0.2, 0) is 13.2 Å².